The molecule has 0 fully saturated rings. The van der Waals surface area contributed by atoms with E-state index in [-0.39, 0.29) is 11.7 Å². The molecule has 1 N–H and O–H groups in total. The first-order valence-electron chi connectivity index (χ1n) is 5.30. The van der Waals surface area contributed by atoms with E-state index in [4.69, 9.17) is 0 Å². The lowest BCUT2D eigenvalue weighted by Gasteiger charge is -2.14. The number of thiazole rings is 1. The first kappa shape index (κ1) is 12.9. The van der Waals surface area contributed by atoms with Crippen molar-refractivity contribution in [3.8, 4) is 0 Å². The first-order chi connectivity index (χ1) is 8.47. The van der Waals surface area contributed by atoms with Crippen LogP contribution in [0.1, 0.15) is 23.7 Å². The molecule has 0 aliphatic rings. The van der Waals surface area contributed by atoms with Crippen molar-refractivity contribution in [2.24, 2.45) is 0 Å². The van der Waals surface area contributed by atoms with Gasteiger partial charge in [-0.25, -0.2) is 18.2 Å². The summed E-state index contributed by atoms with van der Waals surface area (Å²) in [5, 5.41) is 5.41. The van der Waals surface area contributed by atoms with Gasteiger partial charge in [-0.3, -0.25) is 0 Å². The Morgan fingerprint density at radius 2 is 2.00 bits per heavy atom. The Morgan fingerprint density at radius 1 is 1.28 bits per heavy atom. The predicted molar refractivity (Wildman–Crippen MR) is 65.2 cm³/mol. The molecule has 1 aromatic carbocycles. The van der Waals surface area contributed by atoms with Gasteiger partial charge in [0.1, 0.15) is 5.82 Å². The molecular formula is C12H11F3N2S. The van der Waals surface area contributed by atoms with Gasteiger partial charge < -0.3 is 5.32 Å². The molecule has 1 aromatic heterocycles. The maximum absolute atomic E-state index is 13.4. The lowest BCUT2D eigenvalue weighted by atomic mass is 10.2. The molecule has 1 unspecified atom stereocenters. The molecule has 0 saturated heterocycles. The molecule has 0 radical (unpaired) electrons. The largest absolute Gasteiger partial charge is 0.374 e. The van der Waals surface area contributed by atoms with E-state index >= 15 is 0 Å². The molecule has 2 rings (SSSR count). The molecule has 0 spiro atoms. The fourth-order valence-electron chi connectivity index (χ4n) is 1.55. The van der Waals surface area contributed by atoms with Gasteiger partial charge in [0.2, 0.25) is 0 Å². The van der Waals surface area contributed by atoms with Crippen LogP contribution in [-0.4, -0.2) is 4.98 Å². The molecular weight excluding hydrogens is 261 g/mol. The Morgan fingerprint density at radius 3 is 2.61 bits per heavy atom. The summed E-state index contributed by atoms with van der Waals surface area (Å²) in [6.45, 7) is 3.60. The van der Waals surface area contributed by atoms with Crippen molar-refractivity contribution >= 4 is 17.0 Å². The third-order valence-electron chi connectivity index (χ3n) is 2.45. The van der Waals surface area contributed by atoms with Crippen LogP contribution < -0.4 is 5.32 Å². The summed E-state index contributed by atoms with van der Waals surface area (Å²) in [6.07, 6.45) is 0. The van der Waals surface area contributed by atoms with E-state index in [2.05, 4.69) is 10.3 Å². The number of nitrogens with one attached hydrogen (secondary N) is 1. The van der Waals surface area contributed by atoms with Gasteiger partial charge in [0.05, 0.1) is 22.4 Å². The van der Waals surface area contributed by atoms with Crippen LogP contribution in [0.15, 0.2) is 17.5 Å². The Hall–Kier alpha value is -1.56. The van der Waals surface area contributed by atoms with E-state index < -0.39 is 17.5 Å². The minimum Gasteiger partial charge on any atom is -0.374 e. The van der Waals surface area contributed by atoms with Crippen LogP contribution in [0.25, 0.3) is 0 Å². The van der Waals surface area contributed by atoms with Crippen molar-refractivity contribution in [2.75, 3.05) is 5.32 Å². The van der Waals surface area contributed by atoms with Crippen molar-refractivity contribution < 1.29 is 13.2 Å². The van der Waals surface area contributed by atoms with Crippen LogP contribution in [0.5, 0.6) is 0 Å². The highest BCUT2D eigenvalue weighted by Crippen LogP contribution is 2.25. The average Bonchev–Trinajstić information content (AvgIpc) is 2.72. The molecule has 0 aliphatic carbocycles. The standard InChI is InChI=1S/C12H11F3N2S/c1-6(11-5-18-7(2)17-11)16-10-4-8(13)3-9(14)12(10)15/h3-6,16H,1-2H3. The van der Waals surface area contributed by atoms with Gasteiger partial charge in [0.15, 0.2) is 11.6 Å². The fourth-order valence-corrected chi connectivity index (χ4v) is 2.25. The molecule has 18 heavy (non-hydrogen) atoms. The normalized spacial score (nSPS) is 12.5. The number of benzene rings is 1. The van der Waals surface area contributed by atoms with Crippen molar-refractivity contribution in [2.45, 2.75) is 19.9 Å². The number of rotatable bonds is 3. The summed E-state index contributed by atoms with van der Waals surface area (Å²) in [7, 11) is 0. The second-order valence-electron chi connectivity index (χ2n) is 3.91. The smallest absolute Gasteiger partial charge is 0.182 e. The average molecular weight is 272 g/mol. The van der Waals surface area contributed by atoms with E-state index in [1.54, 1.807) is 6.92 Å². The number of hydrogen-bond donors (Lipinski definition) is 1. The van der Waals surface area contributed by atoms with Crippen LogP contribution in [-0.2, 0) is 0 Å². The number of aryl methyl sites for hydroxylation is 1. The molecule has 6 heteroatoms. The van der Waals surface area contributed by atoms with Crippen molar-refractivity contribution in [1.29, 1.82) is 0 Å². The zero-order valence-electron chi connectivity index (χ0n) is 9.80. The summed E-state index contributed by atoms with van der Waals surface area (Å²) in [4.78, 5) is 4.23. The third kappa shape index (κ3) is 2.64. The SMILES string of the molecule is Cc1nc(C(C)Nc2cc(F)cc(F)c2F)cs1. The van der Waals surface area contributed by atoms with Crippen LogP contribution >= 0.6 is 11.3 Å². The quantitative estimate of drug-likeness (QED) is 0.853. The Kier molecular flexibility index (Phi) is 3.56. The second kappa shape index (κ2) is 4.97. The lowest BCUT2D eigenvalue weighted by molar-refractivity contribution is 0.496. The summed E-state index contributed by atoms with van der Waals surface area (Å²) in [5.74, 6) is -3.12. The Labute approximate surface area is 106 Å². The maximum Gasteiger partial charge on any atom is 0.182 e. The molecule has 1 heterocycles. The lowest BCUT2D eigenvalue weighted by Crippen LogP contribution is -2.09. The van der Waals surface area contributed by atoms with E-state index in [0.29, 0.717) is 11.8 Å². The minimum absolute atomic E-state index is 0.203. The van der Waals surface area contributed by atoms with Gasteiger partial charge in [0, 0.05) is 17.5 Å². The Bertz CT molecular complexity index is 568. The van der Waals surface area contributed by atoms with Crippen LogP contribution in [0.2, 0.25) is 0 Å². The van der Waals surface area contributed by atoms with Gasteiger partial charge in [0.25, 0.3) is 0 Å². The van der Waals surface area contributed by atoms with Crippen LogP contribution in [0.4, 0.5) is 18.9 Å². The Balaban J connectivity index is 2.24. The van der Waals surface area contributed by atoms with E-state index in [0.717, 1.165) is 11.1 Å². The van der Waals surface area contributed by atoms with Gasteiger partial charge in [-0.15, -0.1) is 11.3 Å². The van der Waals surface area contributed by atoms with Gasteiger partial charge in [-0.2, -0.15) is 0 Å². The monoisotopic (exact) mass is 272 g/mol. The molecule has 0 aliphatic heterocycles. The summed E-state index contributed by atoms with van der Waals surface area (Å²) < 4.78 is 39.5. The van der Waals surface area contributed by atoms with E-state index in [9.17, 15) is 13.2 Å². The number of hydrogen-bond acceptors (Lipinski definition) is 3. The van der Waals surface area contributed by atoms with E-state index in [1.165, 1.54) is 11.3 Å². The molecule has 1 atom stereocenters. The molecule has 0 saturated carbocycles. The molecule has 2 nitrogen and oxygen atoms in total. The number of nitrogens with zero attached hydrogens (tertiary/aromatic N) is 1. The van der Waals surface area contributed by atoms with Gasteiger partial charge in [-0.1, -0.05) is 0 Å². The second-order valence-corrected chi connectivity index (χ2v) is 4.97. The third-order valence-corrected chi connectivity index (χ3v) is 3.24. The maximum atomic E-state index is 13.4. The fraction of sp³-hybridized carbons (Fsp3) is 0.250. The highest BCUT2D eigenvalue weighted by Gasteiger charge is 2.15. The topological polar surface area (TPSA) is 24.9 Å². The van der Waals surface area contributed by atoms with Gasteiger partial charge >= 0.3 is 0 Å². The number of anilines is 1. The minimum atomic E-state index is -1.21. The molecule has 96 valence electrons. The van der Waals surface area contributed by atoms with Crippen molar-refractivity contribution in [1.82, 2.24) is 4.98 Å². The first-order valence-corrected chi connectivity index (χ1v) is 6.18. The number of aromatic nitrogens is 1. The van der Waals surface area contributed by atoms with Crippen LogP contribution in [0, 0.1) is 24.4 Å². The van der Waals surface area contributed by atoms with Crippen molar-refractivity contribution in [3.05, 3.63) is 45.7 Å². The predicted octanol–water partition coefficient (Wildman–Crippen LogP) is 4.04. The zero-order valence-corrected chi connectivity index (χ0v) is 10.6. The van der Waals surface area contributed by atoms with Crippen LogP contribution in [0.3, 0.4) is 0 Å². The van der Waals surface area contributed by atoms with Crippen molar-refractivity contribution in [3.63, 3.8) is 0 Å². The highest BCUT2D eigenvalue weighted by atomic mass is 32.1. The zero-order chi connectivity index (χ0) is 13.3. The molecule has 0 bridgehead atoms. The molecule has 0 amide bonds. The molecule has 2 aromatic rings. The highest BCUT2D eigenvalue weighted by molar-refractivity contribution is 7.09. The number of halogens is 3. The summed E-state index contributed by atoms with van der Waals surface area (Å²) >= 11 is 1.46. The van der Waals surface area contributed by atoms with E-state index in [1.807, 2.05) is 12.3 Å². The summed E-state index contributed by atoms with van der Waals surface area (Å²) in [5.41, 5.74) is 0.507. The summed E-state index contributed by atoms with van der Waals surface area (Å²) in [6, 6.07) is 1.11. The van der Waals surface area contributed by atoms with Gasteiger partial charge in [-0.05, 0) is 13.8 Å².